The molecule has 0 radical (unpaired) electrons. The second kappa shape index (κ2) is 13.9. The van der Waals surface area contributed by atoms with Gasteiger partial charge in [-0.2, -0.15) is 0 Å². The molecule has 0 N–H and O–H groups in total. The predicted octanol–water partition coefficient (Wildman–Crippen LogP) is 4.39. The van der Waals surface area contributed by atoms with Gasteiger partial charge in [-0.25, -0.2) is 0 Å². The van der Waals surface area contributed by atoms with Crippen LogP contribution in [-0.4, -0.2) is 61.0 Å². The Balaban J connectivity index is 1.91. The molecule has 0 fully saturated rings. The van der Waals surface area contributed by atoms with Gasteiger partial charge in [-0.05, 0) is 37.1 Å². The number of carbonyl (C=O) groups excluding carboxylic acids is 2. The van der Waals surface area contributed by atoms with Crippen LogP contribution in [-0.2, 0) is 32.3 Å². The van der Waals surface area contributed by atoms with Gasteiger partial charge in [0, 0.05) is 13.1 Å². The van der Waals surface area contributed by atoms with Gasteiger partial charge in [0.05, 0.1) is 0 Å². The van der Waals surface area contributed by atoms with Crippen LogP contribution < -0.4 is 0 Å². The molecule has 6 nitrogen and oxygen atoms in total. The average Bonchev–Trinajstić information content (AvgIpc) is 2.81. The molecule has 186 valence electrons. The summed E-state index contributed by atoms with van der Waals surface area (Å²) in [5.74, 6) is -0.274. The topological polar surface area (TPSA) is 59.1 Å². The van der Waals surface area contributed by atoms with Gasteiger partial charge >= 0.3 is 11.9 Å². The molecule has 0 aromatic heterocycles. The van der Waals surface area contributed by atoms with Gasteiger partial charge in [0.2, 0.25) is 0 Å². The number of carbonyl (C=O) groups is 2. The lowest BCUT2D eigenvalue weighted by molar-refractivity contribution is -0.155. The first-order valence-electron chi connectivity index (χ1n) is 12.0. The minimum atomic E-state index is -0.361. The third kappa shape index (κ3) is 8.58. The third-order valence-electron chi connectivity index (χ3n) is 5.95. The largest absolute Gasteiger partial charge is 0.460 e. The number of hydrogen-bond acceptors (Lipinski definition) is 6. The van der Waals surface area contributed by atoms with E-state index in [1.807, 2.05) is 112 Å². The number of hydrogen-bond donors (Lipinski definition) is 0. The fourth-order valence-electron chi connectivity index (χ4n) is 4.14. The second-order valence-electron chi connectivity index (χ2n) is 9.53. The smallest absolute Gasteiger partial charge is 0.323 e. The van der Waals surface area contributed by atoms with E-state index in [0.717, 1.165) is 11.1 Å². The van der Waals surface area contributed by atoms with E-state index in [0.29, 0.717) is 13.1 Å². The lowest BCUT2D eigenvalue weighted by Crippen LogP contribution is -2.49. The molecule has 0 saturated heterocycles. The van der Waals surface area contributed by atoms with Crippen molar-refractivity contribution in [1.82, 2.24) is 9.80 Å². The highest BCUT2D eigenvalue weighted by Gasteiger charge is 2.31. The van der Waals surface area contributed by atoms with Crippen molar-refractivity contribution in [1.29, 1.82) is 0 Å². The summed E-state index contributed by atoms with van der Waals surface area (Å²) in [6.07, 6.45) is 0. The van der Waals surface area contributed by atoms with Crippen molar-refractivity contribution in [3.8, 4) is 0 Å². The van der Waals surface area contributed by atoms with Crippen molar-refractivity contribution >= 4 is 11.9 Å². The third-order valence-corrected chi connectivity index (χ3v) is 5.95. The SMILES string of the molecule is CC(C)C(C(=O)OCc1ccccc1)N(C)CCN(C)C(C(=O)OCc1ccccc1)C(C)C. The Morgan fingerprint density at radius 3 is 1.26 bits per heavy atom. The molecule has 2 rings (SSSR count). The molecule has 2 aromatic rings. The Morgan fingerprint density at radius 1 is 0.647 bits per heavy atom. The van der Waals surface area contributed by atoms with Crippen molar-refractivity contribution in [2.24, 2.45) is 11.8 Å². The highest BCUT2D eigenvalue weighted by atomic mass is 16.5. The Morgan fingerprint density at radius 2 is 0.971 bits per heavy atom. The maximum atomic E-state index is 12.9. The lowest BCUT2D eigenvalue weighted by atomic mass is 10.0. The summed E-state index contributed by atoms with van der Waals surface area (Å²) in [5.41, 5.74) is 1.93. The highest BCUT2D eigenvalue weighted by Crippen LogP contribution is 2.16. The van der Waals surface area contributed by atoms with Crippen LogP contribution in [0.5, 0.6) is 0 Å². The predicted molar refractivity (Wildman–Crippen MR) is 135 cm³/mol. The number of ether oxygens (including phenoxy) is 2. The molecule has 0 bridgehead atoms. The molecule has 0 heterocycles. The van der Waals surface area contributed by atoms with Crippen LogP contribution in [0.4, 0.5) is 0 Å². The number of likely N-dealkylation sites (N-methyl/N-ethyl adjacent to an activating group) is 2. The first-order valence-corrected chi connectivity index (χ1v) is 12.0. The minimum absolute atomic E-state index is 0.0929. The highest BCUT2D eigenvalue weighted by molar-refractivity contribution is 5.76. The fraction of sp³-hybridized carbons (Fsp3) is 0.500. The molecule has 0 amide bonds. The molecule has 6 heteroatoms. The van der Waals surface area contributed by atoms with Gasteiger partial charge in [-0.3, -0.25) is 19.4 Å². The van der Waals surface area contributed by atoms with E-state index < -0.39 is 0 Å². The van der Waals surface area contributed by atoms with E-state index in [9.17, 15) is 9.59 Å². The van der Waals surface area contributed by atoms with Gasteiger partial charge < -0.3 is 9.47 Å². The summed E-state index contributed by atoms with van der Waals surface area (Å²) in [6, 6.07) is 18.7. The first kappa shape index (κ1) is 27.5. The number of nitrogens with zero attached hydrogens (tertiary/aromatic N) is 2. The molecule has 0 spiro atoms. The monoisotopic (exact) mass is 468 g/mol. The van der Waals surface area contributed by atoms with Crippen LogP contribution in [0.3, 0.4) is 0 Å². The maximum Gasteiger partial charge on any atom is 0.323 e. The summed E-state index contributed by atoms with van der Waals surface area (Å²) in [4.78, 5) is 29.8. The second-order valence-corrected chi connectivity index (χ2v) is 9.53. The summed E-state index contributed by atoms with van der Waals surface area (Å²) in [6.45, 7) is 9.85. The summed E-state index contributed by atoms with van der Waals surface area (Å²) in [5, 5.41) is 0. The Bertz CT molecular complexity index is 797. The lowest BCUT2D eigenvalue weighted by Gasteiger charge is -2.33. The van der Waals surface area contributed by atoms with Crippen molar-refractivity contribution in [2.45, 2.75) is 53.0 Å². The zero-order valence-corrected chi connectivity index (χ0v) is 21.4. The van der Waals surface area contributed by atoms with E-state index in [-0.39, 0.29) is 49.1 Å². The van der Waals surface area contributed by atoms with Gasteiger partial charge in [-0.15, -0.1) is 0 Å². The van der Waals surface area contributed by atoms with Crippen molar-refractivity contribution in [3.63, 3.8) is 0 Å². The van der Waals surface area contributed by atoms with E-state index >= 15 is 0 Å². The Labute approximate surface area is 204 Å². The molecule has 2 unspecified atom stereocenters. The summed E-state index contributed by atoms with van der Waals surface area (Å²) < 4.78 is 11.2. The molecule has 0 aliphatic heterocycles. The van der Waals surface area contributed by atoms with Crippen LogP contribution in [0.15, 0.2) is 60.7 Å². The van der Waals surface area contributed by atoms with Crippen LogP contribution in [0, 0.1) is 11.8 Å². The van der Waals surface area contributed by atoms with E-state index in [1.54, 1.807) is 0 Å². The van der Waals surface area contributed by atoms with Gasteiger partial charge in [0.25, 0.3) is 0 Å². The molecule has 0 aliphatic carbocycles. The van der Waals surface area contributed by atoms with Crippen molar-refractivity contribution in [2.75, 3.05) is 27.2 Å². The van der Waals surface area contributed by atoms with Gasteiger partial charge in [-0.1, -0.05) is 88.4 Å². The van der Waals surface area contributed by atoms with Crippen LogP contribution in [0.25, 0.3) is 0 Å². The normalized spacial score (nSPS) is 13.4. The van der Waals surface area contributed by atoms with Crippen molar-refractivity contribution < 1.29 is 19.1 Å². The fourth-order valence-corrected chi connectivity index (χ4v) is 4.14. The number of rotatable bonds is 13. The minimum Gasteiger partial charge on any atom is -0.460 e. The molecular weight excluding hydrogens is 428 g/mol. The molecule has 34 heavy (non-hydrogen) atoms. The van der Waals surface area contributed by atoms with E-state index in [2.05, 4.69) is 0 Å². The van der Waals surface area contributed by atoms with Crippen molar-refractivity contribution in [3.05, 3.63) is 71.8 Å². The zero-order chi connectivity index (χ0) is 25.1. The average molecular weight is 469 g/mol. The molecule has 0 saturated carbocycles. The van der Waals surface area contributed by atoms with Crippen LogP contribution in [0.1, 0.15) is 38.8 Å². The summed E-state index contributed by atoms with van der Waals surface area (Å²) in [7, 11) is 3.86. The van der Waals surface area contributed by atoms with E-state index in [1.165, 1.54) is 0 Å². The van der Waals surface area contributed by atoms with Crippen LogP contribution >= 0.6 is 0 Å². The molecular formula is C28H40N2O4. The zero-order valence-electron chi connectivity index (χ0n) is 21.4. The van der Waals surface area contributed by atoms with Crippen LogP contribution in [0.2, 0.25) is 0 Å². The quantitative estimate of drug-likeness (QED) is 0.407. The number of benzene rings is 2. The van der Waals surface area contributed by atoms with E-state index in [4.69, 9.17) is 9.47 Å². The molecule has 2 atom stereocenters. The Kier molecular flexibility index (Phi) is 11.2. The molecule has 2 aromatic carbocycles. The van der Waals surface area contributed by atoms with Gasteiger partial charge in [0.15, 0.2) is 0 Å². The maximum absolute atomic E-state index is 12.9. The standard InChI is InChI=1S/C28H40N2O4/c1-21(2)25(27(31)33-19-23-13-9-7-10-14-23)29(5)17-18-30(6)26(22(3)4)28(32)34-20-24-15-11-8-12-16-24/h7-16,21-22,25-26H,17-20H2,1-6H3. The first-order chi connectivity index (χ1) is 16.2. The number of esters is 2. The molecule has 0 aliphatic rings. The summed E-state index contributed by atoms with van der Waals surface area (Å²) >= 11 is 0. The van der Waals surface area contributed by atoms with Gasteiger partial charge in [0.1, 0.15) is 25.3 Å². The Hall–Kier alpha value is -2.70.